The van der Waals surface area contributed by atoms with Crippen LogP contribution < -0.4 is 5.73 Å². The zero-order chi connectivity index (χ0) is 21.4. The molecule has 5 nitrogen and oxygen atoms in total. The Bertz CT molecular complexity index is 1260. The van der Waals surface area contributed by atoms with Crippen molar-refractivity contribution >= 4 is 5.84 Å². The van der Waals surface area contributed by atoms with Crippen molar-refractivity contribution in [2.75, 3.05) is 0 Å². The first kappa shape index (κ1) is 19.2. The first-order valence-corrected chi connectivity index (χ1v) is 10.6. The summed E-state index contributed by atoms with van der Waals surface area (Å²) in [7, 11) is 0. The first-order chi connectivity index (χ1) is 15.1. The smallest absolute Gasteiger partial charge is 0.139 e. The highest BCUT2D eigenvalue weighted by Crippen LogP contribution is 2.46. The van der Waals surface area contributed by atoms with Gasteiger partial charge in [0, 0.05) is 36.3 Å². The summed E-state index contributed by atoms with van der Waals surface area (Å²) in [5.74, 6) is 1.10. The molecule has 1 aliphatic rings. The van der Waals surface area contributed by atoms with Gasteiger partial charge in [0.1, 0.15) is 11.4 Å². The van der Waals surface area contributed by atoms with Crippen LogP contribution in [-0.4, -0.2) is 20.6 Å². The Morgan fingerprint density at radius 1 is 0.935 bits per heavy atom. The van der Waals surface area contributed by atoms with E-state index in [1.807, 2.05) is 53.6 Å². The Labute approximate surface area is 182 Å². The topological polar surface area (TPSA) is 69.1 Å². The Balaban J connectivity index is 1.68. The lowest BCUT2D eigenvalue weighted by Crippen LogP contribution is -2.25. The average Bonchev–Trinajstić information content (AvgIpc) is 3.37. The third-order valence-electron chi connectivity index (χ3n) is 5.78. The number of pyridine rings is 1. The van der Waals surface area contributed by atoms with Crippen LogP contribution in [0.15, 0.2) is 90.4 Å². The van der Waals surface area contributed by atoms with Crippen molar-refractivity contribution in [2.45, 2.75) is 25.9 Å². The van der Waals surface area contributed by atoms with Crippen LogP contribution in [0.2, 0.25) is 0 Å². The Hall–Kier alpha value is -3.73. The molecule has 0 saturated heterocycles. The van der Waals surface area contributed by atoms with Gasteiger partial charge in [-0.3, -0.25) is 9.67 Å². The van der Waals surface area contributed by atoms with Crippen LogP contribution in [0, 0.1) is 5.92 Å². The van der Waals surface area contributed by atoms with Crippen molar-refractivity contribution in [1.29, 1.82) is 0 Å². The monoisotopic (exact) mass is 407 g/mol. The standard InChI is InChI=1S/C26H25N5/c1-18(2)16-31-17-20(15-29-31)19-6-5-7-22(14-19)26(21-10-12-28-13-11-21)24-9-4-3-8-23(24)25(27)30-26/h3-15,17-18H,16H2,1-2H3,(H2,27,30). The largest absolute Gasteiger partial charge is 0.383 e. The number of fused-ring (bicyclic) bond motifs is 1. The van der Waals surface area contributed by atoms with E-state index in [1.54, 1.807) is 0 Å². The number of aliphatic imine (C=N–C) groups is 1. The van der Waals surface area contributed by atoms with Crippen molar-refractivity contribution in [3.05, 3.63) is 108 Å². The van der Waals surface area contributed by atoms with Gasteiger partial charge in [0.25, 0.3) is 0 Å². The second-order valence-electron chi connectivity index (χ2n) is 8.41. The van der Waals surface area contributed by atoms with Crippen LogP contribution in [0.4, 0.5) is 0 Å². The normalized spacial score (nSPS) is 17.6. The maximum Gasteiger partial charge on any atom is 0.139 e. The fraction of sp³-hybridized carbons (Fsp3) is 0.192. The number of hydrogen-bond donors (Lipinski definition) is 1. The number of nitrogens with zero attached hydrogens (tertiary/aromatic N) is 4. The van der Waals surface area contributed by atoms with Gasteiger partial charge in [-0.05, 0) is 46.4 Å². The summed E-state index contributed by atoms with van der Waals surface area (Å²) in [6.07, 6.45) is 7.66. The molecule has 0 fully saturated rings. The van der Waals surface area contributed by atoms with E-state index in [0.29, 0.717) is 11.8 Å². The zero-order valence-corrected chi connectivity index (χ0v) is 17.7. The van der Waals surface area contributed by atoms with Crippen molar-refractivity contribution in [1.82, 2.24) is 14.8 Å². The molecular formula is C26H25N5. The van der Waals surface area contributed by atoms with E-state index in [4.69, 9.17) is 10.7 Å². The minimum Gasteiger partial charge on any atom is -0.383 e. The van der Waals surface area contributed by atoms with E-state index in [-0.39, 0.29) is 0 Å². The summed E-state index contributed by atoms with van der Waals surface area (Å²) < 4.78 is 2.01. The molecule has 1 aliphatic heterocycles. The number of rotatable bonds is 5. The van der Waals surface area contributed by atoms with Crippen LogP contribution in [0.1, 0.15) is 36.1 Å². The molecular weight excluding hydrogens is 382 g/mol. The lowest BCUT2D eigenvalue weighted by Gasteiger charge is -2.29. The third-order valence-corrected chi connectivity index (χ3v) is 5.78. The van der Waals surface area contributed by atoms with E-state index >= 15 is 0 Å². The second-order valence-corrected chi connectivity index (χ2v) is 8.41. The van der Waals surface area contributed by atoms with Crippen LogP contribution in [0.3, 0.4) is 0 Å². The zero-order valence-electron chi connectivity index (χ0n) is 17.7. The summed E-state index contributed by atoms with van der Waals surface area (Å²) in [6.45, 7) is 5.29. The Morgan fingerprint density at radius 3 is 2.55 bits per heavy atom. The molecule has 2 aromatic carbocycles. The number of amidine groups is 1. The van der Waals surface area contributed by atoms with Crippen molar-refractivity contribution in [3.63, 3.8) is 0 Å². The fourth-order valence-corrected chi connectivity index (χ4v) is 4.43. The molecule has 1 unspecified atom stereocenters. The number of aromatic nitrogens is 3. The van der Waals surface area contributed by atoms with E-state index < -0.39 is 5.54 Å². The van der Waals surface area contributed by atoms with Gasteiger partial charge >= 0.3 is 0 Å². The van der Waals surface area contributed by atoms with Gasteiger partial charge < -0.3 is 5.73 Å². The molecule has 0 aliphatic carbocycles. The Kier molecular flexibility index (Phi) is 4.66. The van der Waals surface area contributed by atoms with E-state index in [9.17, 15) is 0 Å². The predicted octanol–water partition coefficient (Wildman–Crippen LogP) is 4.61. The van der Waals surface area contributed by atoms with E-state index in [2.05, 4.69) is 60.5 Å². The van der Waals surface area contributed by atoms with Crippen molar-refractivity contribution < 1.29 is 0 Å². The van der Waals surface area contributed by atoms with Crippen LogP contribution in [0.5, 0.6) is 0 Å². The van der Waals surface area contributed by atoms with Crippen molar-refractivity contribution in [3.8, 4) is 11.1 Å². The van der Waals surface area contributed by atoms with E-state index in [1.165, 1.54) is 0 Å². The Morgan fingerprint density at radius 2 is 1.74 bits per heavy atom. The summed E-state index contributed by atoms with van der Waals surface area (Å²) in [4.78, 5) is 9.27. The lowest BCUT2D eigenvalue weighted by atomic mass is 9.77. The molecule has 0 radical (unpaired) electrons. The van der Waals surface area contributed by atoms with E-state index in [0.717, 1.165) is 39.9 Å². The SMILES string of the molecule is CC(C)Cn1cc(-c2cccc(C3(c4ccncc4)N=C(N)c4ccccc43)c2)cn1. The third kappa shape index (κ3) is 3.22. The molecule has 5 rings (SSSR count). The fourth-order valence-electron chi connectivity index (χ4n) is 4.43. The molecule has 154 valence electrons. The van der Waals surface area contributed by atoms with Gasteiger partial charge in [-0.2, -0.15) is 5.10 Å². The molecule has 3 heterocycles. The maximum atomic E-state index is 6.42. The van der Waals surface area contributed by atoms with Gasteiger partial charge in [0.2, 0.25) is 0 Å². The minimum atomic E-state index is -0.701. The maximum absolute atomic E-state index is 6.42. The minimum absolute atomic E-state index is 0.543. The average molecular weight is 408 g/mol. The molecule has 0 saturated carbocycles. The molecule has 2 N–H and O–H groups in total. The molecule has 31 heavy (non-hydrogen) atoms. The summed E-state index contributed by atoms with van der Waals surface area (Å²) >= 11 is 0. The summed E-state index contributed by atoms with van der Waals surface area (Å²) in [5.41, 5.74) is 12.1. The van der Waals surface area contributed by atoms with Crippen LogP contribution in [0.25, 0.3) is 11.1 Å². The highest BCUT2D eigenvalue weighted by atomic mass is 15.3. The van der Waals surface area contributed by atoms with Gasteiger partial charge in [-0.1, -0.05) is 56.3 Å². The highest BCUT2D eigenvalue weighted by molar-refractivity contribution is 6.03. The molecule has 4 aromatic rings. The van der Waals surface area contributed by atoms with Crippen molar-refractivity contribution in [2.24, 2.45) is 16.6 Å². The molecule has 1 atom stereocenters. The quantitative estimate of drug-likeness (QED) is 0.525. The number of nitrogens with two attached hydrogens (primary N) is 1. The van der Waals surface area contributed by atoms with Crippen LogP contribution in [-0.2, 0) is 12.1 Å². The van der Waals surface area contributed by atoms with Crippen LogP contribution >= 0.6 is 0 Å². The van der Waals surface area contributed by atoms with Gasteiger partial charge in [-0.15, -0.1) is 0 Å². The van der Waals surface area contributed by atoms with Gasteiger partial charge in [0.15, 0.2) is 0 Å². The van der Waals surface area contributed by atoms with Gasteiger partial charge in [0.05, 0.1) is 6.20 Å². The predicted molar refractivity (Wildman–Crippen MR) is 124 cm³/mol. The lowest BCUT2D eigenvalue weighted by molar-refractivity contribution is 0.483. The second kappa shape index (κ2) is 7.51. The summed E-state index contributed by atoms with van der Waals surface area (Å²) in [6, 6.07) is 20.8. The first-order valence-electron chi connectivity index (χ1n) is 10.6. The molecule has 0 spiro atoms. The molecule has 5 heteroatoms. The number of benzene rings is 2. The molecule has 2 aromatic heterocycles. The highest BCUT2D eigenvalue weighted by Gasteiger charge is 2.42. The van der Waals surface area contributed by atoms with Gasteiger partial charge in [-0.25, -0.2) is 4.99 Å². The molecule has 0 amide bonds. The molecule has 0 bridgehead atoms. The summed E-state index contributed by atoms with van der Waals surface area (Å²) in [5, 5.41) is 4.54. The number of hydrogen-bond acceptors (Lipinski definition) is 4.